The van der Waals surface area contributed by atoms with Crippen molar-refractivity contribution in [3.8, 4) is 0 Å². The van der Waals surface area contributed by atoms with E-state index in [1.807, 2.05) is 39.2 Å². The van der Waals surface area contributed by atoms with Crippen molar-refractivity contribution < 1.29 is 4.79 Å². The van der Waals surface area contributed by atoms with Crippen LogP contribution in [0.5, 0.6) is 0 Å². The zero-order valence-electron chi connectivity index (χ0n) is 8.35. The Morgan fingerprint density at radius 3 is 2.69 bits per heavy atom. The van der Waals surface area contributed by atoms with Crippen molar-refractivity contribution in [1.29, 1.82) is 0 Å². The van der Waals surface area contributed by atoms with Crippen LogP contribution in [0.25, 0.3) is 0 Å². The summed E-state index contributed by atoms with van der Waals surface area (Å²) in [7, 11) is 0. The van der Waals surface area contributed by atoms with E-state index in [0.29, 0.717) is 6.42 Å². The van der Waals surface area contributed by atoms with Gasteiger partial charge in [0, 0.05) is 17.9 Å². The lowest BCUT2D eigenvalue weighted by molar-refractivity contribution is -0.121. The summed E-state index contributed by atoms with van der Waals surface area (Å²) in [5.74, 6) is 0.0621. The van der Waals surface area contributed by atoms with Gasteiger partial charge < -0.3 is 10.3 Å². The Balaban J connectivity index is 2.43. The fourth-order valence-corrected chi connectivity index (χ4v) is 1.12. The molecule has 13 heavy (non-hydrogen) atoms. The maximum absolute atomic E-state index is 11.4. The standard InChI is InChI=1S/C10H16N2O/c1-10(2,3)12-9(13)6-8-4-5-11-7-8/h4-5,7,11H,6H2,1-3H3,(H,12,13). The zero-order valence-corrected chi connectivity index (χ0v) is 8.35. The van der Waals surface area contributed by atoms with Gasteiger partial charge in [-0.3, -0.25) is 4.79 Å². The van der Waals surface area contributed by atoms with E-state index in [-0.39, 0.29) is 11.4 Å². The van der Waals surface area contributed by atoms with Gasteiger partial charge in [0.05, 0.1) is 6.42 Å². The van der Waals surface area contributed by atoms with Gasteiger partial charge in [-0.05, 0) is 32.4 Å². The van der Waals surface area contributed by atoms with Gasteiger partial charge in [0.25, 0.3) is 0 Å². The van der Waals surface area contributed by atoms with Crippen LogP contribution in [0.2, 0.25) is 0 Å². The summed E-state index contributed by atoms with van der Waals surface area (Å²) >= 11 is 0. The fraction of sp³-hybridized carbons (Fsp3) is 0.500. The molecule has 1 amide bonds. The van der Waals surface area contributed by atoms with Crippen molar-refractivity contribution in [1.82, 2.24) is 10.3 Å². The highest BCUT2D eigenvalue weighted by molar-refractivity contribution is 5.79. The number of nitrogens with one attached hydrogen (secondary N) is 2. The van der Waals surface area contributed by atoms with Crippen molar-refractivity contribution in [2.45, 2.75) is 32.7 Å². The van der Waals surface area contributed by atoms with Crippen molar-refractivity contribution >= 4 is 5.91 Å². The van der Waals surface area contributed by atoms with E-state index >= 15 is 0 Å². The highest BCUT2D eigenvalue weighted by Crippen LogP contribution is 2.02. The first-order valence-electron chi connectivity index (χ1n) is 4.40. The Hall–Kier alpha value is -1.25. The smallest absolute Gasteiger partial charge is 0.224 e. The molecule has 1 rings (SSSR count). The number of rotatable bonds is 2. The Labute approximate surface area is 78.5 Å². The van der Waals surface area contributed by atoms with Crippen molar-refractivity contribution in [3.05, 3.63) is 24.0 Å². The Morgan fingerprint density at radius 1 is 1.54 bits per heavy atom. The third-order valence-corrected chi connectivity index (χ3v) is 1.54. The Bertz CT molecular complexity index is 270. The number of hydrogen-bond acceptors (Lipinski definition) is 1. The fourth-order valence-electron chi connectivity index (χ4n) is 1.12. The molecule has 0 saturated carbocycles. The predicted octanol–water partition coefficient (Wildman–Crippen LogP) is 1.47. The summed E-state index contributed by atoms with van der Waals surface area (Å²) in [6, 6.07) is 1.90. The number of amides is 1. The first-order chi connectivity index (χ1) is 5.97. The van der Waals surface area contributed by atoms with Crippen LogP contribution in [-0.2, 0) is 11.2 Å². The third kappa shape index (κ3) is 3.78. The van der Waals surface area contributed by atoms with Gasteiger partial charge in [0.2, 0.25) is 5.91 Å². The van der Waals surface area contributed by atoms with E-state index in [0.717, 1.165) is 5.56 Å². The van der Waals surface area contributed by atoms with Gasteiger partial charge in [-0.25, -0.2) is 0 Å². The molecule has 0 bridgehead atoms. The molecule has 0 atom stereocenters. The van der Waals surface area contributed by atoms with Crippen molar-refractivity contribution in [2.24, 2.45) is 0 Å². The number of aromatic amines is 1. The van der Waals surface area contributed by atoms with Gasteiger partial charge in [0.15, 0.2) is 0 Å². The van der Waals surface area contributed by atoms with Crippen LogP contribution in [0.4, 0.5) is 0 Å². The second kappa shape index (κ2) is 3.64. The first kappa shape index (κ1) is 9.84. The third-order valence-electron chi connectivity index (χ3n) is 1.54. The van der Waals surface area contributed by atoms with Crippen LogP contribution in [0.1, 0.15) is 26.3 Å². The molecular formula is C10H16N2O. The summed E-state index contributed by atoms with van der Waals surface area (Å²) in [5.41, 5.74) is 0.870. The quantitative estimate of drug-likeness (QED) is 0.711. The number of aromatic nitrogens is 1. The first-order valence-corrected chi connectivity index (χ1v) is 4.40. The molecule has 0 saturated heterocycles. The molecule has 0 unspecified atom stereocenters. The Morgan fingerprint density at radius 2 is 2.23 bits per heavy atom. The lowest BCUT2D eigenvalue weighted by Gasteiger charge is -2.20. The highest BCUT2D eigenvalue weighted by Gasteiger charge is 2.13. The molecule has 1 heterocycles. The molecule has 0 spiro atoms. The number of H-pyrrole nitrogens is 1. The molecule has 0 radical (unpaired) electrons. The van der Waals surface area contributed by atoms with E-state index in [2.05, 4.69) is 10.3 Å². The van der Waals surface area contributed by atoms with Gasteiger partial charge >= 0.3 is 0 Å². The van der Waals surface area contributed by atoms with Gasteiger partial charge in [-0.1, -0.05) is 0 Å². The van der Waals surface area contributed by atoms with Crippen LogP contribution in [0, 0.1) is 0 Å². The number of carbonyl (C=O) groups is 1. The molecule has 0 fully saturated rings. The molecule has 0 aliphatic heterocycles. The molecule has 1 aromatic rings. The topological polar surface area (TPSA) is 44.9 Å². The molecule has 3 heteroatoms. The predicted molar refractivity (Wildman–Crippen MR) is 52.4 cm³/mol. The minimum absolute atomic E-state index is 0.0621. The summed E-state index contributed by atoms with van der Waals surface area (Å²) in [6.07, 6.45) is 4.10. The van der Waals surface area contributed by atoms with E-state index in [9.17, 15) is 4.79 Å². The SMILES string of the molecule is CC(C)(C)NC(=O)Cc1cc[nH]c1. The monoisotopic (exact) mass is 180 g/mol. The molecular weight excluding hydrogens is 164 g/mol. The minimum Gasteiger partial charge on any atom is -0.367 e. The second-order valence-electron chi connectivity index (χ2n) is 4.19. The van der Waals surface area contributed by atoms with E-state index in [1.54, 1.807) is 0 Å². The molecule has 72 valence electrons. The average Bonchev–Trinajstić information content (AvgIpc) is 2.34. The summed E-state index contributed by atoms with van der Waals surface area (Å²) in [5, 5.41) is 2.90. The van der Waals surface area contributed by atoms with E-state index < -0.39 is 0 Å². The molecule has 3 nitrogen and oxygen atoms in total. The molecule has 0 aliphatic rings. The van der Waals surface area contributed by atoms with Crippen molar-refractivity contribution in [2.75, 3.05) is 0 Å². The van der Waals surface area contributed by atoms with Crippen LogP contribution >= 0.6 is 0 Å². The number of carbonyl (C=O) groups excluding carboxylic acids is 1. The summed E-state index contributed by atoms with van der Waals surface area (Å²) in [6.45, 7) is 5.92. The maximum Gasteiger partial charge on any atom is 0.224 e. The zero-order chi connectivity index (χ0) is 9.90. The van der Waals surface area contributed by atoms with Crippen LogP contribution in [-0.4, -0.2) is 16.4 Å². The summed E-state index contributed by atoms with van der Waals surface area (Å²) < 4.78 is 0. The number of hydrogen-bond donors (Lipinski definition) is 2. The van der Waals surface area contributed by atoms with E-state index in [4.69, 9.17) is 0 Å². The summed E-state index contributed by atoms with van der Waals surface area (Å²) in [4.78, 5) is 14.3. The maximum atomic E-state index is 11.4. The molecule has 0 aliphatic carbocycles. The highest BCUT2D eigenvalue weighted by atomic mass is 16.1. The van der Waals surface area contributed by atoms with Crippen LogP contribution in [0.15, 0.2) is 18.5 Å². The molecule has 1 aromatic heterocycles. The van der Waals surface area contributed by atoms with Crippen LogP contribution in [0.3, 0.4) is 0 Å². The Kier molecular flexibility index (Phi) is 2.76. The average molecular weight is 180 g/mol. The van der Waals surface area contributed by atoms with Gasteiger partial charge in [-0.15, -0.1) is 0 Å². The molecule has 0 aromatic carbocycles. The van der Waals surface area contributed by atoms with E-state index in [1.165, 1.54) is 0 Å². The van der Waals surface area contributed by atoms with Gasteiger partial charge in [-0.2, -0.15) is 0 Å². The minimum atomic E-state index is -0.145. The normalized spacial score (nSPS) is 11.3. The lowest BCUT2D eigenvalue weighted by atomic mass is 10.1. The largest absolute Gasteiger partial charge is 0.367 e. The lowest BCUT2D eigenvalue weighted by Crippen LogP contribution is -2.41. The van der Waals surface area contributed by atoms with Gasteiger partial charge in [0.1, 0.15) is 0 Å². The molecule has 2 N–H and O–H groups in total. The van der Waals surface area contributed by atoms with Crippen LogP contribution < -0.4 is 5.32 Å². The van der Waals surface area contributed by atoms with Crippen molar-refractivity contribution in [3.63, 3.8) is 0 Å². The second-order valence-corrected chi connectivity index (χ2v) is 4.19.